The molecule has 0 aliphatic rings. The Bertz CT molecular complexity index is 379. The molecule has 1 aromatic rings. The number of nitrogens with zero attached hydrogens (tertiary/aromatic N) is 1. The molecule has 0 spiro atoms. The molecule has 1 amide bonds. The van der Waals surface area contributed by atoms with Crippen LogP contribution in [0.3, 0.4) is 0 Å². The van der Waals surface area contributed by atoms with Crippen LogP contribution in [-0.2, 0) is 4.79 Å². The molecule has 0 radical (unpaired) electrons. The van der Waals surface area contributed by atoms with Gasteiger partial charge in [0.25, 0.3) is 5.91 Å². The number of hydrogen-bond acceptors (Lipinski definition) is 3. The van der Waals surface area contributed by atoms with Gasteiger partial charge in [-0.25, -0.2) is 0 Å². The highest BCUT2D eigenvalue weighted by Gasteiger charge is 2.18. The summed E-state index contributed by atoms with van der Waals surface area (Å²) in [5, 5.41) is 8.76. The van der Waals surface area contributed by atoms with Crippen molar-refractivity contribution in [2.75, 3.05) is 20.2 Å². The molecule has 0 heterocycles. The Kier molecular flexibility index (Phi) is 4.97. The van der Waals surface area contributed by atoms with Crippen molar-refractivity contribution in [3.8, 4) is 5.75 Å². The molecule has 1 rings (SSSR count). The molecule has 4 nitrogen and oxygen atoms in total. The average molecular weight is 237 g/mol. The Labute approximate surface area is 102 Å². The van der Waals surface area contributed by atoms with E-state index in [0.717, 1.165) is 5.56 Å². The molecule has 1 atom stereocenters. The van der Waals surface area contributed by atoms with Crippen LogP contribution in [0.15, 0.2) is 24.3 Å². The fourth-order valence-corrected chi connectivity index (χ4v) is 1.51. The van der Waals surface area contributed by atoms with Gasteiger partial charge in [0.2, 0.25) is 0 Å². The molecule has 0 aliphatic heterocycles. The topological polar surface area (TPSA) is 49.8 Å². The standard InChI is InChI=1S/C13H19NO3/c1-10-5-4-6-12(9-10)17-11(2)13(16)14(3)7-8-15/h4-6,9,11,15H,7-8H2,1-3H3. The lowest BCUT2D eigenvalue weighted by atomic mass is 10.2. The first-order chi connectivity index (χ1) is 8.04. The molecule has 94 valence electrons. The second-order valence-corrected chi connectivity index (χ2v) is 4.06. The third kappa shape index (κ3) is 4.07. The third-order valence-electron chi connectivity index (χ3n) is 2.46. The van der Waals surface area contributed by atoms with Crippen LogP contribution in [0.4, 0.5) is 0 Å². The molecule has 1 unspecified atom stereocenters. The fraction of sp³-hybridized carbons (Fsp3) is 0.462. The van der Waals surface area contributed by atoms with Gasteiger partial charge in [-0.1, -0.05) is 12.1 Å². The highest BCUT2D eigenvalue weighted by atomic mass is 16.5. The van der Waals surface area contributed by atoms with E-state index in [0.29, 0.717) is 12.3 Å². The van der Waals surface area contributed by atoms with Crippen molar-refractivity contribution in [1.29, 1.82) is 0 Å². The number of carbonyl (C=O) groups is 1. The molecule has 1 N–H and O–H groups in total. The number of aliphatic hydroxyl groups excluding tert-OH is 1. The van der Waals surface area contributed by atoms with Crippen LogP contribution in [0.2, 0.25) is 0 Å². The fourth-order valence-electron chi connectivity index (χ4n) is 1.51. The summed E-state index contributed by atoms with van der Waals surface area (Å²) in [5.41, 5.74) is 1.09. The number of hydrogen-bond donors (Lipinski definition) is 1. The number of amides is 1. The molecule has 0 aliphatic carbocycles. The maximum Gasteiger partial charge on any atom is 0.263 e. The van der Waals surface area contributed by atoms with E-state index in [1.165, 1.54) is 4.90 Å². The number of likely N-dealkylation sites (N-methyl/N-ethyl adjacent to an activating group) is 1. The molecule has 0 aromatic heterocycles. The summed E-state index contributed by atoms with van der Waals surface area (Å²) in [6.07, 6.45) is -0.548. The van der Waals surface area contributed by atoms with Crippen LogP contribution < -0.4 is 4.74 Å². The van der Waals surface area contributed by atoms with Crippen molar-refractivity contribution in [3.63, 3.8) is 0 Å². The number of aryl methyl sites for hydroxylation is 1. The number of ether oxygens (including phenoxy) is 1. The van der Waals surface area contributed by atoms with Crippen molar-refractivity contribution in [2.24, 2.45) is 0 Å². The highest BCUT2D eigenvalue weighted by Crippen LogP contribution is 2.14. The Balaban J connectivity index is 2.59. The molecule has 0 fully saturated rings. The minimum absolute atomic E-state index is 0.0423. The second-order valence-electron chi connectivity index (χ2n) is 4.06. The van der Waals surface area contributed by atoms with Gasteiger partial charge in [0.1, 0.15) is 5.75 Å². The third-order valence-corrected chi connectivity index (χ3v) is 2.46. The first kappa shape index (κ1) is 13.5. The zero-order valence-electron chi connectivity index (χ0n) is 10.5. The first-order valence-corrected chi connectivity index (χ1v) is 5.63. The largest absolute Gasteiger partial charge is 0.481 e. The van der Waals surface area contributed by atoms with Gasteiger partial charge in [-0.15, -0.1) is 0 Å². The van der Waals surface area contributed by atoms with E-state index < -0.39 is 6.10 Å². The van der Waals surface area contributed by atoms with Crippen molar-refractivity contribution in [1.82, 2.24) is 4.90 Å². The number of carbonyl (C=O) groups excluding carboxylic acids is 1. The van der Waals surface area contributed by atoms with Crippen molar-refractivity contribution >= 4 is 5.91 Å². The summed E-state index contributed by atoms with van der Waals surface area (Å²) in [6, 6.07) is 7.56. The van der Waals surface area contributed by atoms with Gasteiger partial charge in [-0.05, 0) is 31.5 Å². The number of benzene rings is 1. The minimum atomic E-state index is -0.548. The predicted octanol–water partition coefficient (Wildman–Crippen LogP) is 1.21. The molecule has 0 saturated heterocycles. The molecule has 0 bridgehead atoms. The zero-order valence-corrected chi connectivity index (χ0v) is 10.5. The lowest BCUT2D eigenvalue weighted by molar-refractivity contribution is -0.137. The Morgan fingerprint density at radius 1 is 1.53 bits per heavy atom. The van der Waals surface area contributed by atoms with E-state index in [1.54, 1.807) is 14.0 Å². The molecular weight excluding hydrogens is 218 g/mol. The van der Waals surface area contributed by atoms with Gasteiger partial charge in [-0.2, -0.15) is 0 Å². The zero-order chi connectivity index (χ0) is 12.8. The Morgan fingerprint density at radius 2 is 2.24 bits per heavy atom. The highest BCUT2D eigenvalue weighted by molar-refractivity contribution is 5.80. The Morgan fingerprint density at radius 3 is 2.82 bits per heavy atom. The van der Waals surface area contributed by atoms with E-state index in [9.17, 15) is 4.79 Å². The maximum absolute atomic E-state index is 11.8. The summed E-state index contributed by atoms with van der Waals surface area (Å²) < 4.78 is 5.55. The SMILES string of the molecule is Cc1cccc(OC(C)C(=O)N(C)CCO)c1. The van der Waals surface area contributed by atoms with E-state index in [1.807, 2.05) is 31.2 Å². The quantitative estimate of drug-likeness (QED) is 0.837. The maximum atomic E-state index is 11.8. The van der Waals surface area contributed by atoms with Gasteiger partial charge >= 0.3 is 0 Å². The van der Waals surface area contributed by atoms with Gasteiger partial charge in [0, 0.05) is 13.6 Å². The van der Waals surface area contributed by atoms with Crippen LogP contribution in [0.1, 0.15) is 12.5 Å². The summed E-state index contributed by atoms with van der Waals surface area (Å²) in [7, 11) is 1.65. The smallest absolute Gasteiger partial charge is 0.263 e. The van der Waals surface area contributed by atoms with E-state index in [2.05, 4.69) is 0 Å². The van der Waals surface area contributed by atoms with Gasteiger partial charge in [-0.3, -0.25) is 4.79 Å². The summed E-state index contributed by atoms with van der Waals surface area (Å²) in [5.74, 6) is 0.545. The van der Waals surface area contributed by atoms with Crippen molar-refractivity contribution < 1.29 is 14.6 Å². The average Bonchev–Trinajstić information content (AvgIpc) is 2.28. The lowest BCUT2D eigenvalue weighted by Crippen LogP contribution is -2.39. The molecular formula is C13H19NO3. The van der Waals surface area contributed by atoms with Crippen LogP contribution >= 0.6 is 0 Å². The van der Waals surface area contributed by atoms with E-state index >= 15 is 0 Å². The van der Waals surface area contributed by atoms with Gasteiger partial charge in [0.15, 0.2) is 6.10 Å². The normalized spacial score (nSPS) is 12.0. The summed E-state index contributed by atoms with van der Waals surface area (Å²) in [4.78, 5) is 13.3. The van der Waals surface area contributed by atoms with Crippen molar-refractivity contribution in [2.45, 2.75) is 20.0 Å². The van der Waals surface area contributed by atoms with Crippen LogP contribution in [0, 0.1) is 6.92 Å². The molecule has 17 heavy (non-hydrogen) atoms. The van der Waals surface area contributed by atoms with Crippen LogP contribution in [-0.4, -0.2) is 42.2 Å². The van der Waals surface area contributed by atoms with Crippen LogP contribution in [0.25, 0.3) is 0 Å². The molecule has 4 heteroatoms. The Hall–Kier alpha value is -1.55. The van der Waals surface area contributed by atoms with E-state index in [-0.39, 0.29) is 12.5 Å². The first-order valence-electron chi connectivity index (χ1n) is 5.63. The lowest BCUT2D eigenvalue weighted by Gasteiger charge is -2.21. The molecule has 1 aromatic carbocycles. The van der Waals surface area contributed by atoms with Crippen LogP contribution in [0.5, 0.6) is 5.75 Å². The monoisotopic (exact) mass is 237 g/mol. The number of aliphatic hydroxyl groups is 1. The second kappa shape index (κ2) is 6.25. The van der Waals surface area contributed by atoms with E-state index in [4.69, 9.17) is 9.84 Å². The van der Waals surface area contributed by atoms with Crippen molar-refractivity contribution in [3.05, 3.63) is 29.8 Å². The number of rotatable bonds is 5. The summed E-state index contributed by atoms with van der Waals surface area (Å²) >= 11 is 0. The minimum Gasteiger partial charge on any atom is -0.481 e. The summed E-state index contributed by atoms with van der Waals surface area (Å²) in [6.45, 7) is 3.95. The van der Waals surface area contributed by atoms with Gasteiger partial charge < -0.3 is 14.7 Å². The predicted molar refractivity (Wildman–Crippen MR) is 66.0 cm³/mol. The van der Waals surface area contributed by atoms with Gasteiger partial charge in [0.05, 0.1) is 6.61 Å². The molecule has 0 saturated carbocycles.